The average Bonchev–Trinajstić information content (AvgIpc) is 3.38. The molecule has 0 spiro atoms. The quantitative estimate of drug-likeness (QED) is 0.574. The van der Waals surface area contributed by atoms with Gasteiger partial charge in [-0.1, -0.05) is 0 Å². The minimum atomic E-state index is -4.36. The lowest BCUT2D eigenvalue weighted by molar-refractivity contribution is -0.140. The van der Waals surface area contributed by atoms with Crippen LogP contribution < -0.4 is 4.90 Å². The van der Waals surface area contributed by atoms with Crippen LogP contribution in [0.1, 0.15) is 30.1 Å². The third-order valence-corrected chi connectivity index (χ3v) is 6.16. The minimum absolute atomic E-state index is 0.0360. The maximum absolute atomic E-state index is 13.2. The topological polar surface area (TPSA) is 77.1 Å². The molecular weight excluding hydrogens is 437 g/mol. The summed E-state index contributed by atoms with van der Waals surface area (Å²) >= 11 is 0. The van der Waals surface area contributed by atoms with Crippen LogP contribution in [0, 0.1) is 0 Å². The number of hydrogen-bond donors (Lipinski definition) is 0. The summed E-state index contributed by atoms with van der Waals surface area (Å²) in [5.41, 5.74) is 1.78. The standard InChI is InChI=1S/C21H27F3N8O/c1-29-10-15(9-26-29)11-30-4-2-3-16(12-30)18-27-19(31-5-7-33-8-6-31)17-20(28-18)32(14-25-17)13-21(22,23)24/h9-10,14,16H,2-8,11-13H2,1H3. The van der Waals surface area contributed by atoms with Crippen LogP contribution in [0.5, 0.6) is 0 Å². The van der Waals surface area contributed by atoms with E-state index >= 15 is 0 Å². The average molecular weight is 464 g/mol. The molecule has 0 saturated carbocycles. The fourth-order valence-electron chi connectivity index (χ4n) is 4.65. The Morgan fingerprint density at radius 2 is 1.97 bits per heavy atom. The number of halogens is 3. The first-order chi connectivity index (χ1) is 15.9. The van der Waals surface area contributed by atoms with Gasteiger partial charge in [-0.15, -0.1) is 0 Å². The van der Waals surface area contributed by atoms with Crippen molar-refractivity contribution in [2.24, 2.45) is 7.05 Å². The van der Waals surface area contributed by atoms with Gasteiger partial charge in [0.05, 0.1) is 25.7 Å². The van der Waals surface area contributed by atoms with E-state index in [-0.39, 0.29) is 11.6 Å². The number of rotatable bonds is 5. The number of alkyl halides is 3. The summed E-state index contributed by atoms with van der Waals surface area (Å²) in [6.45, 7) is 3.69. The van der Waals surface area contributed by atoms with Gasteiger partial charge in [0.15, 0.2) is 17.0 Å². The number of nitrogens with zero attached hydrogens (tertiary/aromatic N) is 8. The van der Waals surface area contributed by atoms with Crippen LogP contribution >= 0.6 is 0 Å². The number of hydrogen-bond acceptors (Lipinski definition) is 7. The monoisotopic (exact) mass is 464 g/mol. The van der Waals surface area contributed by atoms with Gasteiger partial charge in [0, 0.05) is 50.9 Å². The maximum Gasteiger partial charge on any atom is 0.406 e. The molecule has 2 aliphatic rings. The number of ether oxygens (including phenoxy) is 1. The van der Waals surface area contributed by atoms with Gasteiger partial charge < -0.3 is 14.2 Å². The molecule has 5 heterocycles. The molecule has 3 aromatic heterocycles. The summed E-state index contributed by atoms with van der Waals surface area (Å²) in [5.74, 6) is 1.22. The van der Waals surface area contributed by atoms with Gasteiger partial charge in [-0.05, 0) is 19.4 Å². The summed E-state index contributed by atoms with van der Waals surface area (Å²) in [4.78, 5) is 18.1. The first-order valence-corrected chi connectivity index (χ1v) is 11.2. The first kappa shape index (κ1) is 22.1. The molecule has 12 heteroatoms. The maximum atomic E-state index is 13.2. The molecule has 0 aromatic carbocycles. The predicted octanol–water partition coefficient (Wildman–Crippen LogP) is 2.34. The SMILES string of the molecule is Cn1cc(CN2CCCC(c3nc(N4CCOCC4)c4ncn(CC(F)(F)F)c4n3)C2)cn1. The van der Waals surface area contributed by atoms with Crippen LogP contribution in [0.25, 0.3) is 11.2 Å². The molecule has 178 valence electrons. The van der Waals surface area contributed by atoms with E-state index in [0.717, 1.165) is 42.6 Å². The number of morpholine rings is 1. The zero-order valence-electron chi connectivity index (χ0n) is 18.5. The smallest absolute Gasteiger partial charge is 0.378 e. The summed E-state index contributed by atoms with van der Waals surface area (Å²) in [6, 6.07) is 0. The van der Waals surface area contributed by atoms with Crippen molar-refractivity contribution in [2.45, 2.75) is 38.0 Å². The molecule has 5 rings (SSSR count). The molecule has 2 aliphatic heterocycles. The van der Waals surface area contributed by atoms with Crippen LogP contribution in [0.15, 0.2) is 18.7 Å². The van der Waals surface area contributed by atoms with Crippen molar-refractivity contribution >= 4 is 17.0 Å². The highest BCUT2D eigenvalue weighted by Crippen LogP contribution is 2.31. The van der Waals surface area contributed by atoms with Crippen LogP contribution in [-0.4, -0.2) is 79.8 Å². The van der Waals surface area contributed by atoms with Gasteiger partial charge in [-0.3, -0.25) is 9.58 Å². The number of likely N-dealkylation sites (tertiary alicyclic amines) is 1. The van der Waals surface area contributed by atoms with Gasteiger partial charge in [-0.2, -0.15) is 18.3 Å². The van der Waals surface area contributed by atoms with E-state index in [9.17, 15) is 13.2 Å². The Bertz CT molecular complexity index is 1100. The summed E-state index contributed by atoms with van der Waals surface area (Å²) in [5, 5.41) is 4.24. The highest BCUT2D eigenvalue weighted by atomic mass is 19.4. The molecule has 0 radical (unpaired) electrons. The molecule has 0 N–H and O–H groups in total. The third kappa shape index (κ3) is 4.96. The van der Waals surface area contributed by atoms with E-state index in [1.807, 2.05) is 24.3 Å². The molecule has 33 heavy (non-hydrogen) atoms. The normalized spacial score (nSPS) is 20.6. The van der Waals surface area contributed by atoms with Crippen molar-refractivity contribution < 1.29 is 17.9 Å². The van der Waals surface area contributed by atoms with Crippen molar-refractivity contribution in [1.82, 2.24) is 34.2 Å². The molecule has 1 unspecified atom stereocenters. The lowest BCUT2D eigenvalue weighted by Crippen LogP contribution is -2.38. The molecule has 2 saturated heterocycles. The number of fused-ring (bicyclic) bond motifs is 1. The minimum Gasteiger partial charge on any atom is -0.378 e. The Morgan fingerprint density at radius 1 is 1.15 bits per heavy atom. The second kappa shape index (κ2) is 8.90. The molecule has 0 aliphatic carbocycles. The van der Waals surface area contributed by atoms with Crippen LogP contribution in [0.3, 0.4) is 0 Å². The van der Waals surface area contributed by atoms with E-state index in [1.165, 1.54) is 6.33 Å². The van der Waals surface area contributed by atoms with Gasteiger partial charge in [0.1, 0.15) is 12.4 Å². The van der Waals surface area contributed by atoms with Crippen molar-refractivity contribution in [3.63, 3.8) is 0 Å². The van der Waals surface area contributed by atoms with Crippen LogP contribution in [0.4, 0.5) is 19.0 Å². The Balaban J connectivity index is 1.47. The Labute approximate surface area is 189 Å². The van der Waals surface area contributed by atoms with E-state index < -0.39 is 12.7 Å². The molecule has 2 fully saturated rings. The second-order valence-electron chi connectivity index (χ2n) is 8.76. The fourth-order valence-corrected chi connectivity index (χ4v) is 4.65. The Kier molecular flexibility index (Phi) is 5.95. The lowest BCUT2D eigenvalue weighted by Gasteiger charge is -2.33. The number of aryl methyl sites for hydroxylation is 1. The van der Waals surface area contributed by atoms with Crippen molar-refractivity contribution in [3.05, 3.63) is 30.1 Å². The van der Waals surface area contributed by atoms with Crippen molar-refractivity contribution in [3.8, 4) is 0 Å². The zero-order chi connectivity index (χ0) is 23.0. The first-order valence-electron chi connectivity index (χ1n) is 11.2. The van der Waals surface area contributed by atoms with Gasteiger partial charge in [-0.25, -0.2) is 15.0 Å². The van der Waals surface area contributed by atoms with E-state index in [0.29, 0.717) is 43.5 Å². The van der Waals surface area contributed by atoms with E-state index in [4.69, 9.17) is 9.72 Å². The van der Waals surface area contributed by atoms with Crippen molar-refractivity contribution in [1.29, 1.82) is 0 Å². The molecule has 3 aromatic rings. The van der Waals surface area contributed by atoms with Gasteiger partial charge in [0.25, 0.3) is 0 Å². The lowest BCUT2D eigenvalue weighted by atomic mass is 9.96. The zero-order valence-corrected chi connectivity index (χ0v) is 18.5. The van der Waals surface area contributed by atoms with Crippen molar-refractivity contribution in [2.75, 3.05) is 44.3 Å². The summed E-state index contributed by atoms with van der Waals surface area (Å²) in [7, 11) is 1.89. The van der Waals surface area contributed by atoms with Crippen LogP contribution in [-0.2, 0) is 24.9 Å². The second-order valence-corrected chi connectivity index (χ2v) is 8.76. The molecule has 9 nitrogen and oxygen atoms in total. The van der Waals surface area contributed by atoms with Gasteiger partial charge >= 0.3 is 6.18 Å². The van der Waals surface area contributed by atoms with Crippen LogP contribution in [0.2, 0.25) is 0 Å². The number of anilines is 1. The fraction of sp³-hybridized carbons (Fsp3) is 0.619. The highest BCUT2D eigenvalue weighted by Gasteiger charge is 2.31. The largest absolute Gasteiger partial charge is 0.406 e. The summed E-state index contributed by atoms with van der Waals surface area (Å²) < 4.78 is 47.9. The Hall–Kier alpha value is -2.73. The Morgan fingerprint density at radius 3 is 2.70 bits per heavy atom. The van der Waals surface area contributed by atoms with E-state index in [2.05, 4.69) is 20.0 Å². The number of piperidine rings is 1. The predicted molar refractivity (Wildman–Crippen MR) is 115 cm³/mol. The highest BCUT2D eigenvalue weighted by molar-refractivity contribution is 5.83. The molecular formula is C21H27F3N8O. The number of aromatic nitrogens is 6. The number of imidazole rings is 1. The van der Waals surface area contributed by atoms with E-state index in [1.54, 1.807) is 4.68 Å². The van der Waals surface area contributed by atoms with Gasteiger partial charge in [0.2, 0.25) is 0 Å². The molecule has 0 bridgehead atoms. The molecule has 0 amide bonds. The third-order valence-electron chi connectivity index (χ3n) is 6.16. The summed E-state index contributed by atoms with van der Waals surface area (Å²) in [6.07, 6.45) is 2.59. The molecule has 1 atom stereocenters.